The normalized spacial score (nSPS) is 16.6. The van der Waals surface area contributed by atoms with Crippen molar-refractivity contribution in [1.82, 2.24) is 9.80 Å². The van der Waals surface area contributed by atoms with Gasteiger partial charge in [-0.1, -0.05) is 43.3 Å². The van der Waals surface area contributed by atoms with E-state index >= 15 is 0 Å². The Morgan fingerprint density at radius 1 is 1.00 bits per heavy atom. The molecule has 1 saturated heterocycles. The average Bonchev–Trinajstić information content (AvgIpc) is 2.61. The molecule has 0 spiro atoms. The molecule has 0 unspecified atom stereocenters. The lowest BCUT2D eigenvalue weighted by atomic mass is 10.1. The quantitative estimate of drug-likeness (QED) is 0.638. The van der Waals surface area contributed by atoms with Crippen molar-refractivity contribution in [3.8, 4) is 0 Å². The van der Waals surface area contributed by atoms with Gasteiger partial charge in [0.1, 0.15) is 11.7 Å². The van der Waals surface area contributed by atoms with Crippen LogP contribution in [0.4, 0.5) is 10.1 Å². The second-order valence-electron chi connectivity index (χ2n) is 5.70. The molecule has 0 bridgehead atoms. The van der Waals surface area contributed by atoms with Crippen LogP contribution >= 0.6 is 0 Å². The third kappa shape index (κ3) is 3.96. The minimum Gasteiger partial charge on any atom is -0.354 e. The fourth-order valence-electron chi connectivity index (χ4n) is 2.85. The maximum Gasteiger partial charge on any atom is 0.136 e. The van der Waals surface area contributed by atoms with Crippen molar-refractivity contribution in [2.75, 3.05) is 32.7 Å². The molecule has 1 fully saturated rings. The van der Waals surface area contributed by atoms with Gasteiger partial charge in [-0.2, -0.15) is 0 Å². The van der Waals surface area contributed by atoms with Crippen LogP contribution in [0.25, 0.3) is 0 Å². The van der Waals surface area contributed by atoms with Gasteiger partial charge in [0.15, 0.2) is 0 Å². The number of aliphatic imine (C=N–C) groups is 1. The molecule has 0 saturated carbocycles. The van der Waals surface area contributed by atoms with Crippen LogP contribution in [-0.2, 0) is 0 Å². The third-order valence-corrected chi connectivity index (χ3v) is 4.19. The highest BCUT2D eigenvalue weighted by Gasteiger charge is 2.20. The van der Waals surface area contributed by atoms with Gasteiger partial charge in [-0.15, -0.1) is 0 Å². The van der Waals surface area contributed by atoms with Gasteiger partial charge in [-0.05, 0) is 24.7 Å². The van der Waals surface area contributed by atoms with Gasteiger partial charge in [-0.3, -0.25) is 0 Å². The van der Waals surface area contributed by atoms with Crippen molar-refractivity contribution >= 4 is 11.5 Å². The largest absolute Gasteiger partial charge is 0.354 e. The zero-order valence-electron chi connectivity index (χ0n) is 13.5. The van der Waals surface area contributed by atoms with Gasteiger partial charge in [0, 0.05) is 31.7 Å². The first-order valence-electron chi connectivity index (χ1n) is 8.13. The van der Waals surface area contributed by atoms with Gasteiger partial charge in [-0.25, -0.2) is 9.38 Å². The number of hydrogen-bond donors (Lipinski definition) is 0. The Morgan fingerprint density at radius 2 is 1.74 bits per heavy atom. The highest BCUT2D eigenvalue weighted by Crippen LogP contribution is 2.18. The monoisotopic (exact) mass is 311 g/mol. The highest BCUT2D eigenvalue weighted by atomic mass is 19.1. The number of halogens is 1. The number of benzene rings is 2. The van der Waals surface area contributed by atoms with Crippen LogP contribution in [0.5, 0.6) is 0 Å². The van der Waals surface area contributed by atoms with Crippen LogP contribution in [0.3, 0.4) is 0 Å². The number of piperazine rings is 1. The third-order valence-electron chi connectivity index (χ3n) is 4.19. The Morgan fingerprint density at radius 3 is 2.39 bits per heavy atom. The Bertz CT molecular complexity index is 661. The number of hydrogen-bond acceptors (Lipinski definition) is 2. The Labute approximate surface area is 137 Å². The lowest BCUT2D eigenvalue weighted by Gasteiger charge is -2.36. The molecule has 0 amide bonds. The molecule has 2 aromatic carbocycles. The fraction of sp³-hybridized carbons (Fsp3) is 0.316. The Hall–Kier alpha value is -2.20. The topological polar surface area (TPSA) is 18.8 Å². The predicted octanol–water partition coefficient (Wildman–Crippen LogP) is 3.54. The first kappa shape index (κ1) is 15.7. The molecule has 0 radical (unpaired) electrons. The summed E-state index contributed by atoms with van der Waals surface area (Å²) in [5.74, 6) is 0.668. The summed E-state index contributed by atoms with van der Waals surface area (Å²) < 4.78 is 13.5. The molecule has 120 valence electrons. The second kappa shape index (κ2) is 7.38. The molecule has 2 aromatic rings. The van der Waals surface area contributed by atoms with Crippen molar-refractivity contribution in [3.05, 3.63) is 66.0 Å². The summed E-state index contributed by atoms with van der Waals surface area (Å²) in [5, 5.41) is 0. The maximum atomic E-state index is 13.5. The molecule has 3 nitrogen and oxygen atoms in total. The van der Waals surface area contributed by atoms with E-state index in [1.54, 1.807) is 6.07 Å². The van der Waals surface area contributed by atoms with Gasteiger partial charge in [0.2, 0.25) is 0 Å². The Kier molecular flexibility index (Phi) is 5.03. The molecule has 0 aromatic heterocycles. The fourth-order valence-corrected chi connectivity index (χ4v) is 2.85. The van der Waals surface area contributed by atoms with Gasteiger partial charge >= 0.3 is 0 Å². The van der Waals surface area contributed by atoms with E-state index in [1.807, 2.05) is 24.3 Å². The van der Waals surface area contributed by atoms with E-state index in [2.05, 4.69) is 28.9 Å². The van der Waals surface area contributed by atoms with Crippen molar-refractivity contribution < 1.29 is 4.39 Å². The van der Waals surface area contributed by atoms with Gasteiger partial charge < -0.3 is 9.80 Å². The molecule has 0 aliphatic carbocycles. The first-order chi connectivity index (χ1) is 11.3. The molecule has 1 aliphatic heterocycles. The lowest BCUT2D eigenvalue weighted by molar-refractivity contribution is 0.190. The summed E-state index contributed by atoms with van der Waals surface area (Å²) in [4.78, 5) is 9.48. The van der Waals surface area contributed by atoms with E-state index in [0.29, 0.717) is 5.69 Å². The lowest BCUT2D eigenvalue weighted by Crippen LogP contribution is -2.48. The number of amidine groups is 1. The maximum absolute atomic E-state index is 13.5. The zero-order chi connectivity index (χ0) is 16.1. The molecule has 3 rings (SSSR count). The summed E-state index contributed by atoms with van der Waals surface area (Å²) in [6, 6.07) is 16.6. The summed E-state index contributed by atoms with van der Waals surface area (Å²) in [6.45, 7) is 7.22. The van der Waals surface area contributed by atoms with Crippen LogP contribution < -0.4 is 0 Å². The summed E-state index contributed by atoms with van der Waals surface area (Å²) in [6.07, 6.45) is 0. The van der Waals surface area contributed by atoms with E-state index in [1.165, 1.54) is 12.1 Å². The molecule has 23 heavy (non-hydrogen) atoms. The molecule has 0 atom stereocenters. The van der Waals surface area contributed by atoms with Crippen LogP contribution in [0.15, 0.2) is 59.6 Å². The van der Waals surface area contributed by atoms with Crippen LogP contribution in [-0.4, -0.2) is 48.4 Å². The van der Waals surface area contributed by atoms with Gasteiger partial charge in [0.05, 0.1) is 5.69 Å². The number of rotatable bonds is 3. The van der Waals surface area contributed by atoms with E-state index in [0.717, 1.165) is 44.1 Å². The predicted molar refractivity (Wildman–Crippen MR) is 92.7 cm³/mol. The number of likely N-dealkylation sites (N-methyl/N-ethyl adjacent to an activating group) is 1. The van der Waals surface area contributed by atoms with Crippen molar-refractivity contribution in [3.63, 3.8) is 0 Å². The zero-order valence-corrected chi connectivity index (χ0v) is 13.5. The minimum atomic E-state index is -0.255. The van der Waals surface area contributed by atoms with E-state index in [-0.39, 0.29) is 5.82 Å². The molecule has 0 N–H and O–H groups in total. The highest BCUT2D eigenvalue weighted by molar-refractivity contribution is 6.00. The van der Waals surface area contributed by atoms with E-state index in [4.69, 9.17) is 4.99 Å². The minimum absolute atomic E-state index is 0.255. The van der Waals surface area contributed by atoms with Crippen LogP contribution in [0.2, 0.25) is 0 Å². The molecule has 1 aliphatic rings. The van der Waals surface area contributed by atoms with Crippen LogP contribution in [0, 0.1) is 5.82 Å². The molecular formula is C19H22FN3. The second-order valence-corrected chi connectivity index (χ2v) is 5.70. The SMILES string of the molecule is CCN1CCN(C(=Nc2cccc(F)c2)c2ccccc2)CC1. The average molecular weight is 311 g/mol. The summed E-state index contributed by atoms with van der Waals surface area (Å²) in [5.41, 5.74) is 1.73. The Balaban J connectivity index is 1.92. The van der Waals surface area contributed by atoms with E-state index < -0.39 is 0 Å². The first-order valence-corrected chi connectivity index (χ1v) is 8.13. The van der Waals surface area contributed by atoms with Crippen molar-refractivity contribution in [2.45, 2.75) is 6.92 Å². The molecular weight excluding hydrogens is 289 g/mol. The summed E-state index contributed by atoms with van der Waals surface area (Å²) in [7, 11) is 0. The standard InChI is InChI=1S/C19H22FN3/c1-2-22-11-13-23(14-12-22)19(16-7-4-3-5-8-16)21-18-10-6-9-17(20)15-18/h3-10,15H,2,11-14H2,1H3. The smallest absolute Gasteiger partial charge is 0.136 e. The molecule has 4 heteroatoms. The van der Waals surface area contributed by atoms with Crippen LogP contribution in [0.1, 0.15) is 12.5 Å². The molecule has 1 heterocycles. The van der Waals surface area contributed by atoms with Crippen molar-refractivity contribution in [2.24, 2.45) is 4.99 Å². The summed E-state index contributed by atoms with van der Waals surface area (Å²) >= 11 is 0. The number of nitrogens with zero attached hydrogens (tertiary/aromatic N) is 3. The van der Waals surface area contributed by atoms with Gasteiger partial charge in [0.25, 0.3) is 0 Å². The van der Waals surface area contributed by atoms with E-state index in [9.17, 15) is 4.39 Å². The van der Waals surface area contributed by atoms with Crippen molar-refractivity contribution in [1.29, 1.82) is 0 Å².